The van der Waals surface area contributed by atoms with Gasteiger partial charge in [0.1, 0.15) is 5.82 Å². The molecule has 18 heavy (non-hydrogen) atoms. The number of rotatable bonds is 5. The molecule has 0 aliphatic heterocycles. The highest BCUT2D eigenvalue weighted by atomic mass is 15.2. The summed E-state index contributed by atoms with van der Waals surface area (Å²) in [5.74, 6) is 0.951. The Morgan fingerprint density at radius 1 is 1.22 bits per heavy atom. The molecule has 1 rings (SSSR count). The third-order valence-electron chi connectivity index (χ3n) is 2.75. The van der Waals surface area contributed by atoms with Crippen molar-refractivity contribution in [1.82, 2.24) is 15.3 Å². The van der Waals surface area contributed by atoms with Crippen LogP contribution in [0.15, 0.2) is 12.4 Å². The molecule has 0 spiro atoms. The Labute approximate surface area is 111 Å². The summed E-state index contributed by atoms with van der Waals surface area (Å²) < 4.78 is 0. The second kappa shape index (κ2) is 6.14. The average molecular weight is 250 g/mol. The summed E-state index contributed by atoms with van der Waals surface area (Å²) in [6, 6.07) is 0.447. The first kappa shape index (κ1) is 14.9. The number of hydrogen-bond acceptors (Lipinski definition) is 4. The van der Waals surface area contributed by atoms with Gasteiger partial charge in [-0.15, -0.1) is 0 Å². The summed E-state index contributed by atoms with van der Waals surface area (Å²) in [5, 5.41) is 3.41. The van der Waals surface area contributed by atoms with Crippen LogP contribution in [0.25, 0.3) is 0 Å². The molecule has 0 fully saturated rings. The highest BCUT2D eigenvalue weighted by molar-refractivity contribution is 5.36. The van der Waals surface area contributed by atoms with Crippen molar-refractivity contribution >= 4 is 5.82 Å². The summed E-state index contributed by atoms with van der Waals surface area (Å²) in [4.78, 5) is 11.2. The molecule has 0 atom stereocenters. The lowest BCUT2D eigenvalue weighted by atomic mass is 10.1. The SMILES string of the molecule is CCN(c1cnc(CNC(C)(C)C)cn1)C(C)C. The van der Waals surface area contributed by atoms with Crippen LogP contribution < -0.4 is 10.2 Å². The number of anilines is 1. The summed E-state index contributed by atoms with van der Waals surface area (Å²) >= 11 is 0. The van der Waals surface area contributed by atoms with Gasteiger partial charge in [-0.3, -0.25) is 4.98 Å². The van der Waals surface area contributed by atoms with E-state index in [1.165, 1.54) is 0 Å². The summed E-state index contributed by atoms with van der Waals surface area (Å²) in [6.07, 6.45) is 3.72. The largest absolute Gasteiger partial charge is 0.353 e. The number of nitrogens with one attached hydrogen (secondary N) is 1. The fourth-order valence-corrected chi connectivity index (χ4v) is 1.73. The van der Waals surface area contributed by atoms with Crippen molar-refractivity contribution in [3.8, 4) is 0 Å². The van der Waals surface area contributed by atoms with E-state index in [-0.39, 0.29) is 5.54 Å². The van der Waals surface area contributed by atoms with Crippen molar-refractivity contribution in [3.05, 3.63) is 18.1 Å². The van der Waals surface area contributed by atoms with E-state index < -0.39 is 0 Å². The molecule has 0 amide bonds. The minimum atomic E-state index is 0.105. The normalized spacial score (nSPS) is 11.9. The van der Waals surface area contributed by atoms with Gasteiger partial charge >= 0.3 is 0 Å². The molecule has 4 heteroatoms. The van der Waals surface area contributed by atoms with Crippen molar-refractivity contribution in [2.45, 2.75) is 59.7 Å². The predicted octanol–water partition coefficient (Wildman–Crippen LogP) is 2.60. The topological polar surface area (TPSA) is 41.1 Å². The molecular formula is C14H26N4. The van der Waals surface area contributed by atoms with Gasteiger partial charge in [0.15, 0.2) is 0 Å². The second-order valence-corrected chi connectivity index (χ2v) is 5.85. The van der Waals surface area contributed by atoms with Crippen molar-refractivity contribution < 1.29 is 0 Å². The monoisotopic (exact) mass is 250 g/mol. The highest BCUT2D eigenvalue weighted by Crippen LogP contribution is 2.12. The molecule has 0 aliphatic carbocycles. The third-order valence-corrected chi connectivity index (χ3v) is 2.75. The third kappa shape index (κ3) is 4.61. The van der Waals surface area contributed by atoms with E-state index in [1.54, 1.807) is 0 Å². The fraction of sp³-hybridized carbons (Fsp3) is 0.714. The Hall–Kier alpha value is -1.16. The van der Waals surface area contributed by atoms with Crippen molar-refractivity contribution in [2.75, 3.05) is 11.4 Å². The van der Waals surface area contributed by atoms with Crippen molar-refractivity contribution in [1.29, 1.82) is 0 Å². The van der Waals surface area contributed by atoms with Gasteiger partial charge in [-0.2, -0.15) is 0 Å². The molecule has 102 valence electrons. The standard InChI is InChI=1S/C14H26N4/c1-7-18(11(2)3)13-10-15-12(8-16-13)9-17-14(4,5)6/h8,10-11,17H,7,9H2,1-6H3. The second-order valence-electron chi connectivity index (χ2n) is 5.85. The number of aromatic nitrogens is 2. The van der Waals surface area contributed by atoms with E-state index in [9.17, 15) is 0 Å². The minimum absolute atomic E-state index is 0.105. The molecule has 4 nitrogen and oxygen atoms in total. The molecule has 1 aromatic rings. The van der Waals surface area contributed by atoms with Gasteiger partial charge in [-0.1, -0.05) is 0 Å². The molecular weight excluding hydrogens is 224 g/mol. The maximum absolute atomic E-state index is 4.50. The van der Waals surface area contributed by atoms with E-state index in [0.717, 1.165) is 24.6 Å². The Balaban J connectivity index is 2.68. The zero-order valence-corrected chi connectivity index (χ0v) is 12.5. The zero-order valence-electron chi connectivity index (χ0n) is 12.5. The van der Waals surface area contributed by atoms with E-state index in [2.05, 4.69) is 61.7 Å². The van der Waals surface area contributed by atoms with Crippen LogP contribution in [-0.4, -0.2) is 28.1 Å². The van der Waals surface area contributed by atoms with Gasteiger partial charge in [0.05, 0.1) is 18.1 Å². The first-order valence-electron chi connectivity index (χ1n) is 6.66. The summed E-state index contributed by atoms with van der Waals surface area (Å²) in [5.41, 5.74) is 1.08. The molecule has 1 N–H and O–H groups in total. The molecule has 0 saturated heterocycles. The molecule has 0 radical (unpaired) electrons. The lowest BCUT2D eigenvalue weighted by Crippen LogP contribution is -2.35. The molecule has 0 aliphatic rings. The van der Waals surface area contributed by atoms with Crippen LogP contribution in [0, 0.1) is 0 Å². The lowest BCUT2D eigenvalue weighted by Gasteiger charge is -2.26. The van der Waals surface area contributed by atoms with Crippen molar-refractivity contribution in [3.63, 3.8) is 0 Å². The van der Waals surface area contributed by atoms with Crippen molar-refractivity contribution in [2.24, 2.45) is 0 Å². The highest BCUT2D eigenvalue weighted by Gasteiger charge is 2.11. The van der Waals surface area contributed by atoms with Gasteiger partial charge in [-0.05, 0) is 41.5 Å². The smallest absolute Gasteiger partial charge is 0.147 e. The van der Waals surface area contributed by atoms with Crippen LogP contribution in [0.5, 0.6) is 0 Å². The van der Waals surface area contributed by atoms with Gasteiger partial charge in [0.25, 0.3) is 0 Å². The Bertz CT molecular complexity index is 351. The zero-order chi connectivity index (χ0) is 13.8. The average Bonchev–Trinajstić information content (AvgIpc) is 2.27. The van der Waals surface area contributed by atoms with Gasteiger partial charge in [0.2, 0.25) is 0 Å². The van der Waals surface area contributed by atoms with Crippen LogP contribution in [0.1, 0.15) is 47.2 Å². The maximum Gasteiger partial charge on any atom is 0.147 e. The number of nitrogens with zero attached hydrogens (tertiary/aromatic N) is 3. The van der Waals surface area contributed by atoms with Crippen LogP contribution >= 0.6 is 0 Å². The molecule has 0 unspecified atom stereocenters. The molecule has 0 bridgehead atoms. The van der Waals surface area contributed by atoms with E-state index in [1.807, 2.05) is 12.4 Å². The first-order chi connectivity index (χ1) is 8.33. The fourth-order valence-electron chi connectivity index (χ4n) is 1.73. The van der Waals surface area contributed by atoms with Crippen LogP contribution in [0.4, 0.5) is 5.82 Å². The van der Waals surface area contributed by atoms with E-state index in [4.69, 9.17) is 0 Å². The van der Waals surface area contributed by atoms with Crippen LogP contribution in [-0.2, 0) is 6.54 Å². The van der Waals surface area contributed by atoms with E-state index >= 15 is 0 Å². The lowest BCUT2D eigenvalue weighted by molar-refractivity contribution is 0.421. The molecule has 0 saturated carbocycles. The quantitative estimate of drug-likeness (QED) is 0.872. The van der Waals surface area contributed by atoms with Crippen LogP contribution in [0.3, 0.4) is 0 Å². The van der Waals surface area contributed by atoms with E-state index in [0.29, 0.717) is 6.04 Å². The first-order valence-corrected chi connectivity index (χ1v) is 6.66. The maximum atomic E-state index is 4.50. The predicted molar refractivity (Wildman–Crippen MR) is 76.8 cm³/mol. The molecule has 1 aromatic heterocycles. The Morgan fingerprint density at radius 2 is 1.89 bits per heavy atom. The number of hydrogen-bond donors (Lipinski definition) is 1. The molecule has 1 heterocycles. The van der Waals surface area contributed by atoms with Gasteiger partial charge in [-0.25, -0.2) is 4.98 Å². The summed E-state index contributed by atoms with van der Waals surface area (Å²) in [6.45, 7) is 14.6. The van der Waals surface area contributed by atoms with Crippen LogP contribution in [0.2, 0.25) is 0 Å². The summed E-state index contributed by atoms with van der Waals surface area (Å²) in [7, 11) is 0. The molecule has 0 aromatic carbocycles. The van der Waals surface area contributed by atoms with Gasteiger partial charge < -0.3 is 10.2 Å². The Kier molecular flexibility index (Phi) is 5.08. The minimum Gasteiger partial charge on any atom is -0.353 e. The van der Waals surface area contributed by atoms with Gasteiger partial charge in [0, 0.05) is 24.7 Å². The Morgan fingerprint density at radius 3 is 2.28 bits per heavy atom.